The highest BCUT2D eigenvalue weighted by Crippen LogP contribution is 2.09. The summed E-state index contributed by atoms with van der Waals surface area (Å²) in [7, 11) is 0. The Morgan fingerprint density at radius 3 is 2.70 bits per heavy atom. The number of carbonyl (C=O) groups is 1. The molecule has 0 saturated heterocycles. The largest absolute Gasteiger partial charge is 0.384 e. The number of halogens is 2. The second kappa shape index (κ2) is 8.05. The van der Waals surface area contributed by atoms with Crippen molar-refractivity contribution in [3.05, 3.63) is 71.4 Å². The number of benzene rings is 1. The van der Waals surface area contributed by atoms with Crippen molar-refractivity contribution >= 4 is 29.0 Å². The molecule has 1 heterocycles. The summed E-state index contributed by atoms with van der Waals surface area (Å²) in [4.78, 5) is 19.4. The van der Waals surface area contributed by atoms with Gasteiger partial charge in [0.05, 0.1) is 18.3 Å². The van der Waals surface area contributed by atoms with E-state index in [0.717, 1.165) is 5.69 Å². The summed E-state index contributed by atoms with van der Waals surface area (Å²) in [5, 5.41) is 3.31. The van der Waals surface area contributed by atoms with Crippen LogP contribution in [-0.2, 0) is 11.2 Å². The first-order valence-electron chi connectivity index (χ1n) is 6.69. The third-order valence-corrected chi connectivity index (χ3v) is 2.98. The van der Waals surface area contributed by atoms with E-state index in [1.807, 2.05) is 0 Å². The molecular formula is C16H14ClFN4O. The van der Waals surface area contributed by atoms with E-state index in [0.29, 0.717) is 10.7 Å². The first-order chi connectivity index (χ1) is 11.0. The number of aliphatic imine (C=N–C) groups is 1. The minimum atomic E-state index is -0.410. The van der Waals surface area contributed by atoms with E-state index in [-0.39, 0.29) is 18.1 Å². The SMILES string of the molecule is NC(/C=C\Nc1ccc(Cl)nc1)=NC(=O)Cc1ccc(F)cc1. The zero-order valence-electron chi connectivity index (χ0n) is 12.0. The fraction of sp³-hybridized carbons (Fsp3) is 0.0625. The van der Waals surface area contributed by atoms with E-state index in [1.165, 1.54) is 36.5 Å². The summed E-state index contributed by atoms with van der Waals surface area (Å²) >= 11 is 5.67. The summed E-state index contributed by atoms with van der Waals surface area (Å²) in [6.07, 6.45) is 4.61. The number of amidine groups is 1. The van der Waals surface area contributed by atoms with Gasteiger partial charge < -0.3 is 11.1 Å². The van der Waals surface area contributed by atoms with E-state index >= 15 is 0 Å². The number of amides is 1. The molecule has 2 rings (SSSR count). The number of hydrogen-bond donors (Lipinski definition) is 2. The average molecular weight is 333 g/mol. The molecule has 0 aliphatic rings. The Bertz CT molecular complexity index is 727. The lowest BCUT2D eigenvalue weighted by molar-refractivity contribution is -0.117. The molecule has 1 aromatic carbocycles. The van der Waals surface area contributed by atoms with Crippen LogP contribution in [0.4, 0.5) is 10.1 Å². The van der Waals surface area contributed by atoms with Crippen LogP contribution >= 0.6 is 11.6 Å². The maximum Gasteiger partial charge on any atom is 0.252 e. The molecule has 0 spiro atoms. The van der Waals surface area contributed by atoms with Gasteiger partial charge in [-0.05, 0) is 35.9 Å². The number of pyridine rings is 1. The van der Waals surface area contributed by atoms with Gasteiger partial charge in [0.2, 0.25) is 0 Å². The van der Waals surface area contributed by atoms with Gasteiger partial charge in [0.1, 0.15) is 16.8 Å². The molecule has 0 radical (unpaired) electrons. The normalized spacial score (nSPS) is 11.7. The van der Waals surface area contributed by atoms with Crippen molar-refractivity contribution in [3.8, 4) is 0 Å². The van der Waals surface area contributed by atoms with Crippen LogP contribution in [0.2, 0.25) is 5.15 Å². The zero-order chi connectivity index (χ0) is 16.7. The van der Waals surface area contributed by atoms with Gasteiger partial charge in [-0.25, -0.2) is 9.37 Å². The lowest BCUT2D eigenvalue weighted by Crippen LogP contribution is -2.12. The average Bonchev–Trinajstić information content (AvgIpc) is 2.51. The molecule has 0 aliphatic carbocycles. The highest BCUT2D eigenvalue weighted by Gasteiger charge is 2.02. The lowest BCUT2D eigenvalue weighted by Gasteiger charge is -2.00. The molecule has 7 heteroatoms. The van der Waals surface area contributed by atoms with Crippen LogP contribution < -0.4 is 11.1 Å². The fourth-order valence-electron chi connectivity index (χ4n) is 1.68. The van der Waals surface area contributed by atoms with E-state index < -0.39 is 5.91 Å². The molecule has 0 saturated carbocycles. The van der Waals surface area contributed by atoms with Gasteiger partial charge in [-0.2, -0.15) is 4.99 Å². The topological polar surface area (TPSA) is 80.4 Å². The highest BCUT2D eigenvalue weighted by molar-refractivity contribution is 6.29. The molecule has 2 aromatic rings. The van der Waals surface area contributed by atoms with E-state index in [4.69, 9.17) is 17.3 Å². The monoisotopic (exact) mass is 332 g/mol. The number of nitrogens with two attached hydrogens (primary N) is 1. The molecule has 0 bridgehead atoms. The van der Waals surface area contributed by atoms with Crippen molar-refractivity contribution in [2.75, 3.05) is 5.32 Å². The minimum Gasteiger partial charge on any atom is -0.384 e. The number of rotatable bonds is 5. The van der Waals surface area contributed by atoms with Gasteiger partial charge in [0.15, 0.2) is 0 Å². The van der Waals surface area contributed by atoms with Crippen molar-refractivity contribution in [1.29, 1.82) is 0 Å². The lowest BCUT2D eigenvalue weighted by atomic mass is 10.1. The van der Waals surface area contributed by atoms with Crippen LogP contribution in [0.5, 0.6) is 0 Å². The molecule has 1 aromatic heterocycles. The van der Waals surface area contributed by atoms with Crippen LogP contribution in [-0.4, -0.2) is 16.7 Å². The first kappa shape index (κ1) is 16.6. The summed E-state index contributed by atoms with van der Waals surface area (Å²) in [6, 6.07) is 9.03. The van der Waals surface area contributed by atoms with Gasteiger partial charge in [-0.3, -0.25) is 4.79 Å². The standard InChI is InChI=1S/C16H14ClFN4O/c17-14-6-5-13(10-21-14)20-8-7-15(19)22-16(23)9-11-1-3-12(18)4-2-11/h1-8,10,20H,9H2,(H2,19,22,23)/b8-7-. The molecule has 0 aliphatic heterocycles. The molecule has 0 atom stereocenters. The van der Waals surface area contributed by atoms with Crippen molar-refractivity contribution < 1.29 is 9.18 Å². The third-order valence-electron chi connectivity index (χ3n) is 2.75. The number of anilines is 1. The van der Waals surface area contributed by atoms with Crippen molar-refractivity contribution in [2.24, 2.45) is 10.7 Å². The Morgan fingerprint density at radius 2 is 2.04 bits per heavy atom. The molecule has 0 fully saturated rings. The van der Waals surface area contributed by atoms with Gasteiger partial charge in [0, 0.05) is 6.20 Å². The second-order valence-electron chi connectivity index (χ2n) is 4.58. The Labute approximate surface area is 137 Å². The predicted molar refractivity (Wildman–Crippen MR) is 88.7 cm³/mol. The number of aromatic nitrogens is 1. The Morgan fingerprint density at radius 1 is 1.30 bits per heavy atom. The number of hydrogen-bond acceptors (Lipinski definition) is 3. The van der Waals surface area contributed by atoms with Crippen LogP contribution in [0.15, 0.2) is 59.9 Å². The summed E-state index contributed by atoms with van der Waals surface area (Å²) in [5.74, 6) is -0.701. The molecule has 1 amide bonds. The fourth-order valence-corrected chi connectivity index (χ4v) is 1.79. The van der Waals surface area contributed by atoms with E-state index in [2.05, 4.69) is 15.3 Å². The highest BCUT2D eigenvalue weighted by atomic mass is 35.5. The van der Waals surface area contributed by atoms with Gasteiger partial charge in [-0.15, -0.1) is 0 Å². The Hall–Kier alpha value is -2.73. The second-order valence-corrected chi connectivity index (χ2v) is 4.97. The van der Waals surface area contributed by atoms with Crippen LogP contribution in [0.1, 0.15) is 5.56 Å². The van der Waals surface area contributed by atoms with E-state index in [9.17, 15) is 9.18 Å². The van der Waals surface area contributed by atoms with Crippen LogP contribution in [0.3, 0.4) is 0 Å². The first-order valence-corrected chi connectivity index (χ1v) is 7.07. The molecule has 118 valence electrons. The van der Waals surface area contributed by atoms with Crippen molar-refractivity contribution in [1.82, 2.24) is 4.98 Å². The molecule has 0 unspecified atom stereocenters. The Kier molecular flexibility index (Phi) is 5.82. The van der Waals surface area contributed by atoms with Crippen molar-refractivity contribution in [2.45, 2.75) is 6.42 Å². The molecular weight excluding hydrogens is 319 g/mol. The molecule has 3 N–H and O–H groups in total. The summed E-state index contributed by atoms with van der Waals surface area (Å²) in [6.45, 7) is 0. The van der Waals surface area contributed by atoms with Crippen LogP contribution in [0.25, 0.3) is 0 Å². The summed E-state index contributed by atoms with van der Waals surface area (Å²) < 4.78 is 12.8. The van der Waals surface area contributed by atoms with Crippen molar-refractivity contribution in [3.63, 3.8) is 0 Å². The summed E-state index contributed by atoms with van der Waals surface area (Å²) in [5.41, 5.74) is 7.03. The van der Waals surface area contributed by atoms with E-state index in [1.54, 1.807) is 18.3 Å². The maximum atomic E-state index is 12.8. The number of carbonyl (C=O) groups excluding carboxylic acids is 1. The maximum absolute atomic E-state index is 12.8. The van der Waals surface area contributed by atoms with Gasteiger partial charge in [0.25, 0.3) is 5.91 Å². The number of nitrogens with zero attached hydrogens (tertiary/aromatic N) is 2. The zero-order valence-corrected chi connectivity index (χ0v) is 12.8. The van der Waals surface area contributed by atoms with Crippen LogP contribution in [0, 0.1) is 5.82 Å². The van der Waals surface area contributed by atoms with Gasteiger partial charge in [-0.1, -0.05) is 23.7 Å². The number of nitrogens with one attached hydrogen (secondary N) is 1. The van der Waals surface area contributed by atoms with Gasteiger partial charge >= 0.3 is 0 Å². The quantitative estimate of drug-likeness (QED) is 0.501. The predicted octanol–water partition coefficient (Wildman–Crippen LogP) is 2.93. The molecule has 5 nitrogen and oxygen atoms in total. The smallest absolute Gasteiger partial charge is 0.252 e. The third kappa shape index (κ3) is 5.88. The minimum absolute atomic E-state index is 0.0589. The Balaban J connectivity index is 1.88. The molecule has 23 heavy (non-hydrogen) atoms.